The van der Waals surface area contributed by atoms with Crippen molar-refractivity contribution in [2.24, 2.45) is 5.16 Å². The van der Waals surface area contributed by atoms with Crippen molar-refractivity contribution in [1.29, 1.82) is 0 Å². The molecule has 0 N–H and O–H groups in total. The molecule has 0 saturated carbocycles. The van der Waals surface area contributed by atoms with Crippen LogP contribution in [0.3, 0.4) is 0 Å². The van der Waals surface area contributed by atoms with Crippen molar-refractivity contribution in [3.63, 3.8) is 0 Å². The summed E-state index contributed by atoms with van der Waals surface area (Å²) in [6.45, 7) is 4.05. The van der Waals surface area contributed by atoms with E-state index in [2.05, 4.69) is 43.7 Å². The molecule has 2 aromatic heterocycles. The molecular weight excluding hydrogens is 312 g/mol. The Balaban J connectivity index is 1.57. The van der Waals surface area contributed by atoms with Crippen molar-refractivity contribution in [1.82, 2.24) is 4.90 Å². The SMILES string of the molecule is c1cc(C(=NOCCN2CCCCCC2)c2ccsc2)cs1. The third kappa shape index (κ3) is 4.41. The summed E-state index contributed by atoms with van der Waals surface area (Å²) in [5.41, 5.74) is 3.22. The van der Waals surface area contributed by atoms with Crippen LogP contribution in [-0.4, -0.2) is 36.9 Å². The van der Waals surface area contributed by atoms with Crippen molar-refractivity contribution < 1.29 is 4.84 Å². The zero-order valence-electron chi connectivity index (χ0n) is 12.7. The Morgan fingerprint density at radius 3 is 2.18 bits per heavy atom. The number of thiophene rings is 2. The van der Waals surface area contributed by atoms with Crippen molar-refractivity contribution in [2.75, 3.05) is 26.2 Å². The lowest BCUT2D eigenvalue weighted by Gasteiger charge is -2.18. The molecule has 22 heavy (non-hydrogen) atoms. The summed E-state index contributed by atoms with van der Waals surface area (Å²) in [5.74, 6) is 0. The third-order valence-electron chi connectivity index (χ3n) is 3.94. The van der Waals surface area contributed by atoms with Gasteiger partial charge in [0.15, 0.2) is 0 Å². The van der Waals surface area contributed by atoms with Crippen molar-refractivity contribution in [3.8, 4) is 0 Å². The zero-order chi connectivity index (χ0) is 15.0. The van der Waals surface area contributed by atoms with Crippen molar-refractivity contribution in [2.45, 2.75) is 25.7 Å². The van der Waals surface area contributed by atoms with Crippen LogP contribution in [0, 0.1) is 0 Å². The highest BCUT2D eigenvalue weighted by atomic mass is 32.1. The van der Waals surface area contributed by atoms with E-state index >= 15 is 0 Å². The summed E-state index contributed by atoms with van der Waals surface area (Å²) in [4.78, 5) is 8.14. The number of likely N-dealkylation sites (tertiary alicyclic amines) is 1. The zero-order valence-corrected chi connectivity index (χ0v) is 14.4. The number of nitrogens with zero attached hydrogens (tertiary/aromatic N) is 2. The quantitative estimate of drug-likeness (QED) is 0.443. The summed E-state index contributed by atoms with van der Waals surface area (Å²) in [7, 11) is 0. The smallest absolute Gasteiger partial charge is 0.129 e. The lowest BCUT2D eigenvalue weighted by molar-refractivity contribution is 0.112. The normalized spacial score (nSPS) is 16.2. The molecule has 1 aliphatic heterocycles. The molecule has 0 radical (unpaired) electrons. The van der Waals surface area contributed by atoms with E-state index in [1.165, 1.54) is 38.8 Å². The molecule has 5 heteroatoms. The molecule has 0 amide bonds. The minimum atomic E-state index is 0.664. The second kappa shape index (κ2) is 8.46. The Labute approximate surface area is 140 Å². The Kier molecular flexibility index (Phi) is 6.04. The molecular formula is C17H22N2OS2. The Bertz CT molecular complexity index is 519. The van der Waals surface area contributed by atoms with Gasteiger partial charge in [-0.1, -0.05) is 18.0 Å². The monoisotopic (exact) mass is 334 g/mol. The third-order valence-corrected chi connectivity index (χ3v) is 5.31. The largest absolute Gasteiger partial charge is 0.394 e. The van der Waals surface area contributed by atoms with E-state index in [1.807, 2.05) is 0 Å². The number of oxime groups is 1. The van der Waals surface area contributed by atoms with Gasteiger partial charge in [0.05, 0.1) is 0 Å². The molecule has 3 rings (SSSR count). The molecule has 0 bridgehead atoms. The molecule has 1 saturated heterocycles. The van der Waals surface area contributed by atoms with Gasteiger partial charge in [-0.2, -0.15) is 22.7 Å². The average molecular weight is 335 g/mol. The molecule has 1 fully saturated rings. The van der Waals surface area contributed by atoms with Crippen LogP contribution < -0.4 is 0 Å². The van der Waals surface area contributed by atoms with E-state index in [1.54, 1.807) is 22.7 Å². The van der Waals surface area contributed by atoms with Crippen LogP contribution in [0.2, 0.25) is 0 Å². The first-order valence-corrected chi connectivity index (χ1v) is 9.79. The van der Waals surface area contributed by atoms with Crippen LogP contribution in [0.25, 0.3) is 0 Å². The van der Waals surface area contributed by atoms with E-state index in [0.717, 1.165) is 23.4 Å². The summed E-state index contributed by atoms with van der Waals surface area (Å²) >= 11 is 3.38. The van der Waals surface area contributed by atoms with Gasteiger partial charge in [-0.05, 0) is 48.8 Å². The number of rotatable bonds is 6. The van der Waals surface area contributed by atoms with Gasteiger partial charge < -0.3 is 4.84 Å². The summed E-state index contributed by atoms with van der Waals surface area (Å²) in [6, 6.07) is 4.19. The second-order valence-corrected chi connectivity index (χ2v) is 7.11. The fraction of sp³-hybridized carbons (Fsp3) is 0.471. The molecule has 0 spiro atoms. The van der Waals surface area contributed by atoms with Gasteiger partial charge in [0.1, 0.15) is 12.3 Å². The lowest BCUT2D eigenvalue weighted by Crippen LogP contribution is -2.28. The average Bonchev–Trinajstić information content (AvgIpc) is 3.19. The van der Waals surface area contributed by atoms with Crippen LogP contribution >= 0.6 is 22.7 Å². The van der Waals surface area contributed by atoms with Crippen molar-refractivity contribution >= 4 is 28.4 Å². The molecule has 0 aromatic carbocycles. The van der Waals surface area contributed by atoms with E-state index in [9.17, 15) is 0 Å². The summed E-state index contributed by atoms with van der Waals surface area (Å²) < 4.78 is 0. The standard InChI is InChI=1S/C17H22N2OS2/c1-2-4-8-19(7-3-1)9-10-20-18-17(15-5-11-21-13-15)16-6-12-22-14-16/h5-6,11-14H,1-4,7-10H2. The van der Waals surface area contributed by atoms with Gasteiger partial charge in [-0.3, -0.25) is 4.90 Å². The summed E-state index contributed by atoms with van der Waals surface area (Å²) in [6.07, 6.45) is 5.38. The highest BCUT2D eigenvalue weighted by Gasteiger charge is 2.10. The fourth-order valence-electron chi connectivity index (χ4n) is 2.71. The van der Waals surface area contributed by atoms with Gasteiger partial charge >= 0.3 is 0 Å². The molecule has 0 atom stereocenters. The topological polar surface area (TPSA) is 24.8 Å². The first kappa shape index (κ1) is 15.7. The highest BCUT2D eigenvalue weighted by Crippen LogP contribution is 2.17. The van der Waals surface area contributed by atoms with E-state index in [0.29, 0.717) is 6.61 Å². The maximum Gasteiger partial charge on any atom is 0.129 e. The van der Waals surface area contributed by atoms with Gasteiger partial charge in [0.2, 0.25) is 0 Å². The van der Waals surface area contributed by atoms with E-state index in [-0.39, 0.29) is 0 Å². The van der Waals surface area contributed by atoms with Crippen LogP contribution in [-0.2, 0) is 4.84 Å². The summed E-state index contributed by atoms with van der Waals surface area (Å²) in [5, 5.41) is 12.8. The molecule has 3 nitrogen and oxygen atoms in total. The fourth-order valence-corrected chi connectivity index (χ4v) is 3.99. The van der Waals surface area contributed by atoms with Gasteiger partial charge in [-0.25, -0.2) is 0 Å². The Morgan fingerprint density at radius 1 is 1.00 bits per heavy atom. The van der Waals surface area contributed by atoms with Crippen LogP contribution in [0.1, 0.15) is 36.8 Å². The van der Waals surface area contributed by atoms with E-state index < -0.39 is 0 Å². The predicted octanol–water partition coefficient (Wildman–Crippen LogP) is 4.45. The molecule has 3 heterocycles. The predicted molar refractivity (Wildman–Crippen MR) is 95.1 cm³/mol. The Hall–Kier alpha value is -1.17. The molecule has 0 aliphatic carbocycles. The molecule has 0 unspecified atom stereocenters. The number of hydrogen-bond acceptors (Lipinski definition) is 5. The van der Waals surface area contributed by atoms with Crippen molar-refractivity contribution in [3.05, 3.63) is 44.8 Å². The van der Waals surface area contributed by atoms with Crippen LogP contribution in [0.5, 0.6) is 0 Å². The molecule has 1 aliphatic rings. The second-order valence-electron chi connectivity index (χ2n) is 5.55. The minimum absolute atomic E-state index is 0.664. The van der Waals surface area contributed by atoms with Gasteiger partial charge in [0, 0.05) is 28.4 Å². The molecule has 118 valence electrons. The number of hydrogen-bond donors (Lipinski definition) is 0. The van der Waals surface area contributed by atoms with Crippen LogP contribution in [0.4, 0.5) is 0 Å². The Morgan fingerprint density at radius 2 is 1.64 bits per heavy atom. The minimum Gasteiger partial charge on any atom is -0.394 e. The van der Waals surface area contributed by atoms with Gasteiger partial charge in [-0.15, -0.1) is 0 Å². The van der Waals surface area contributed by atoms with E-state index in [4.69, 9.17) is 4.84 Å². The van der Waals surface area contributed by atoms with Crippen LogP contribution in [0.15, 0.2) is 38.8 Å². The first-order valence-electron chi connectivity index (χ1n) is 7.91. The maximum absolute atomic E-state index is 5.64. The molecule has 2 aromatic rings. The maximum atomic E-state index is 5.64. The van der Waals surface area contributed by atoms with Gasteiger partial charge in [0.25, 0.3) is 0 Å². The lowest BCUT2D eigenvalue weighted by atomic mass is 10.1. The first-order chi connectivity index (χ1) is 10.9. The highest BCUT2D eigenvalue weighted by molar-refractivity contribution is 7.08.